The molecular formula is C9H9ClN2O4. The first-order chi connectivity index (χ1) is 7.47. The molecule has 0 spiro atoms. The second kappa shape index (κ2) is 4.91. The van der Waals surface area contributed by atoms with Crippen molar-refractivity contribution in [1.82, 2.24) is 0 Å². The summed E-state index contributed by atoms with van der Waals surface area (Å²) in [6.45, 7) is 0.107. The maximum Gasteiger partial charge on any atom is 0.288 e. The van der Waals surface area contributed by atoms with Crippen molar-refractivity contribution in [2.75, 3.05) is 7.11 Å². The minimum Gasteiger partial charge on any atom is -0.380 e. The van der Waals surface area contributed by atoms with Gasteiger partial charge in [-0.1, -0.05) is 11.6 Å². The van der Waals surface area contributed by atoms with Crippen LogP contribution in [0.3, 0.4) is 0 Å². The highest BCUT2D eigenvalue weighted by Gasteiger charge is 2.19. The Bertz CT molecular complexity index is 447. The molecule has 0 aliphatic carbocycles. The highest BCUT2D eigenvalue weighted by atomic mass is 35.5. The molecule has 0 saturated carbocycles. The normalized spacial score (nSPS) is 10.1. The second-order valence-corrected chi connectivity index (χ2v) is 3.42. The molecule has 0 atom stereocenters. The van der Waals surface area contributed by atoms with Crippen LogP contribution in [0.1, 0.15) is 15.9 Å². The third-order valence-electron chi connectivity index (χ3n) is 1.93. The Morgan fingerprint density at radius 3 is 2.69 bits per heavy atom. The number of nitro groups is 1. The van der Waals surface area contributed by atoms with Crippen molar-refractivity contribution >= 4 is 23.2 Å². The molecule has 0 aliphatic heterocycles. The SMILES string of the molecule is COCc1cc(Cl)c([N+](=O)[O-])cc1C(N)=O. The number of nitrogens with two attached hydrogens (primary N) is 1. The Labute approximate surface area is 96.1 Å². The van der Waals surface area contributed by atoms with Gasteiger partial charge in [0.1, 0.15) is 5.02 Å². The number of halogens is 1. The van der Waals surface area contributed by atoms with E-state index in [9.17, 15) is 14.9 Å². The van der Waals surface area contributed by atoms with Gasteiger partial charge in [0.25, 0.3) is 5.69 Å². The fourth-order valence-electron chi connectivity index (χ4n) is 1.25. The van der Waals surface area contributed by atoms with Gasteiger partial charge in [-0.25, -0.2) is 0 Å². The number of carbonyl (C=O) groups excluding carboxylic acids is 1. The maximum atomic E-state index is 11.1. The lowest BCUT2D eigenvalue weighted by molar-refractivity contribution is -0.384. The molecule has 0 unspecified atom stereocenters. The second-order valence-electron chi connectivity index (χ2n) is 3.02. The van der Waals surface area contributed by atoms with Crippen molar-refractivity contribution in [1.29, 1.82) is 0 Å². The summed E-state index contributed by atoms with van der Waals surface area (Å²) < 4.78 is 4.84. The van der Waals surface area contributed by atoms with Crippen molar-refractivity contribution in [3.63, 3.8) is 0 Å². The van der Waals surface area contributed by atoms with Gasteiger partial charge in [-0.15, -0.1) is 0 Å². The van der Waals surface area contributed by atoms with Crippen LogP contribution in [-0.4, -0.2) is 17.9 Å². The largest absolute Gasteiger partial charge is 0.380 e. The van der Waals surface area contributed by atoms with E-state index in [1.54, 1.807) is 0 Å². The highest BCUT2D eigenvalue weighted by Crippen LogP contribution is 2.28. The fourth-order valence-corrected chi connectivity index (χ4v) is 1.50. The minimum atomic E-state index is -0.758. The van der Waals surface area contributed by atoms with Gasteiger partial charge < -0.3 is 10.5 Å². The first kappa shape index (κ1) is 12.4. The van der Waals surface area contributed by atoms with E-state index < -0.39 is 10.8 Å². The van der Waals surface area contributed by atoms with E-state index in [4.69, 9.17) is 22.1 Å². The number of primary amides is 1. The quantitative estimate of drug-likeness (QED) is 0.641. The Morgan fingerprint density at radius 1 is 1.62 bits per heavy atom. The molecule has 0 bridgehead atoms. The van der Waals surface area contributed by atoms with Gasteiger partial charge in [-0.2, -0.15) is 0 Å². The first-order valence-corrected chi connectivity index (χ1v) is 4.60. The summed E-state index contributed by atoms with van der Waals surface area (Å²) >= 11 is 5.69. The van der Waals surface area contributed by atoms with E-state index in [-0.39, 0.29) is 22.9 Å². The summed E-state index contributed by atoms with van der Waals surface area (Å²) in [5.74, 6) is -0.758. The van der Waals surface area contributed by atoms with E-state index in [1.165, 1.54) is 13.2 Å². The van der Waals surface area contributed by atoms with Crippen LogP contribution in [0.2, 0.25) is 5.02 Å². The molecule has 0 radical (unpaired) electrons. The lowest BCUT2D eigenvalue weighted by atomic mass is 10.1. The Morgan fingerprint density at radius 2 is 2.25 bits per heavy atom. The molecule has 0 fully saturated rings. The van der Waals surface area contributed by atoms with Gasteiger partial charge in [-0.05, 0) is 11.6 Å². The molecule has 1 aromatic rings. The van der Waals surface area contributed by atoms with Gasteiger partial charge in [0.2, 0.25) is 5.91 Å². The van der Waals surface area contributed by atoms with Crippen LogP contribution in [0, 0.1) is 10.1 Å². The Balaban J connectivity index is 3.36. The van der Waals surface area contributed by atoms with Gasteiger partial charge in [0.15, 0.2) is 0 Å². The van der Waals surface area contributed by atoms with Crippen LogP contribution >= 0.6 is 11.6 Å². The van der Waals surface area contributed by atoms with E-state index in [0.29, 0.717) is 5.56 Å². The predicted molar refractivity (Wildman–Crippen MR) is 57.3 cm³/mol. The van der Waals surface area contributed by atoms with Crippen LogP contribution in [0.5, 0.6) is 0 Å². The lowest BCUT2D eigenvalue weighted by Crippen LogP contribution is -2.14. The summed E-state index contributed by atoms with van der Waals surface area (Å²) in [4.78, 5) is 21.0. The topological polar surface area (TPSA) is 95.5 Å². The van der Waals surface area contributed by atoms with Crippen molar-refractivity contribution in [2.45, 2.75) is 6.61 Å². The molecule has 1 rings (SSSR count). The number of nitrogens with zero attached hydrogens (tertiary/aromatic N) is 1. The van der Waals surface area contributed by atoms with Crippen LogP contribution in [0.4, 0.5) is 5.69 Å². The number of carbonyl (C=O) groups is 1. The molecule has 0 aliphatic rings. The maximum absolute atomic E-state index is 11.1. The van der Waals surface area contributed by atoms with E-state index in [1.807, 2.05) is 0 Å². The van der Waals surface area contributed by atoms with Crippen LogP contribution < -0.4 is 5.73 Å². The summed E-state index contributed by atoms with van der Waals surface area (Å²) in [5.41, 5.74) is 5.21. The lowest BCUT2D eigenvalue weighted by Gasteiger charge is -2.06. The number of hydrogen-bond acceptors (Lipinski definition) is 4. The van der Waals surface area contributed by atoms with Crippen molar-refractivity contribution in [2.24, 2.45) is 5.73 Å². The third-order valence-corrected chi connectivity index (χ3v) is 2.24. The smallest absolute Gasteiger partial charge is 0.288 e. The summed E-state index contributed by atoms with van der Waals surface area (Å²) in [6, 6.07) is 2.36. The standard InChI is InChI=1S/C9H9ClN2O4/c1-16-4-5-2-7(10)8(12(14)15)3-6(5)9(11)13/h2-3H,4H2,1H3,(H2,11,13). The molecule has 16 heavy (non-hydrogen) atoms. The van der Waals surface area contributed by atoms with Crippen molar-refractivity contribution in [3.05, 3.63) is 38.4 Å². The molecule has 0 aromatic heterocycles. The minimum absolute atomic E-state index is 0.0398. The summed E-state index contributed by atoms with van der Waals surface area (Å²) in [7, 11) is 1.43. The molecule has 1 aromatic carbocycles. The molecule has 0 heterocycles. The molecule has 1 amide bonds. The average molecular weight is 245 g/mol. The van der Waals surface area contributed by atoms with E-state index >= 15 is 0 Å². The molecule has 2 N–H and O–H groups in total. The van der Waals surface area contributed by atoms with E-state index in [0.717, 1.165) is 6.07 Å². The number of ether oxygens (including phenoxy) is 1. The number of methoxy groups -OCH3 is 1. The number of rotatable bonds is 4. The van der Waals surface area contributed by atoms with Gasteiger partial charge in [0.05, 0.1) is 17.1 Å². The zero-order valence-corrected chi connectivity index (χ0v) is 9.15. The van der Waals surface area contributed by atoms with Crippen LogP contribution in [0.15, 0.2) is 12.1 Å². The Hall–Kier alpha value is -1.66. The van der Waals surface area contributed by atoms with E-state index in [2.05, 4.69) is 0 Å². The molecule has 6 nitrogen and oxygen atoms in total. The number of nitro benzene ring substituents is 1. The number of hydrogen-bond donors (Lipinski definition) is 1. The zero-order valence-electron chi connectivity index (χ0n) is 8.40. The fraction of sp³-hybridized carbons (Fsp3) is 0.222. The predicted octanol–water partition coefficient (Wildman–Crippen LogP) is 1.49. The Kier molecular flexibility index (Phi) is 3.81. The molecule has 86 valence electrons. The highest BCUT2D eigenvalue weighted by molar-refractivity contribution is 6.32. The molecular weight excluding hydrogens is 236 g/mol. The average Bonchev–Trinajstić information content (AvgIpc) is 2.17. The zero-order chi connectivity index (χ0) is 12.3. The number of benzene rings is 1. The van der Waals surface area contributed by atoms with Gasteiger partial charge in [-0.3, -0.25) is 14.9 Å². The van der Waals surface area contributed by atoms with Crippen LogP contribution in [0.25, 0.3) is 0 Å². The van der Waals surface area contributed by atoms with Gasteiger partial charge >= 0.3 is 0 Å². The van der Waals surface area contributed by atoms with Crippen molar-refractivity contribution in [3.8, 4) is 0 Å². The van der Waals surface area contributed by atoms with Crippen molar-refractivity contribution < 1.29 is 14.5 Å². The summed E-state index contributed by atoms with van der Waals surface area (Å²) in [5, 5.41) is 10.5. The molecule has 7 heteroatoms. The molecule has 0 saturated heterocycles. The van der Waals surface area contributed by atoms with Gasteiger partial charge in [0, 0.05) is 13.2 Å². The monoisotopic (exact) mass is 244 g/mol. The first-order valence-electron chi connectivity index (χ1n) is 4.23. The number of amides is 1. The van der Waals surface area contributed by atoms with Crippen LogP contribution in [-0.2, 0) is 11.3 Å². The third kappa shape index (κ3) is 2.47. The summed E-state index contributed by atoms with van der Waals surface area (Å²) in [6.07, 6.45) is 0.